The van der Waals surface area contributed by atoms with E-state index in [0.717, 1.165) is 48.7 Å². The molecule has 3 N–H and O–H groups in total. The Hall–Kier alpha value is -2.29. The number of benzene rings is 1. The second kappa shape index (κ2) is 8.14. The number of phenolic OH excluding ortho intramolecular Hbond substituents is 1. The molecular formula is C25H31ClN2O6. The summed E-state index contributed by atoms with van der Waals surface area (Å²) in [5, 5.41) is 26.0. The van der Waals surface area contributed by atoms with E-state index >= 15 is 0 Å². The minimum atomic E-state index is -0.986. The van der Waals surface area contributed by atoms with Crippen LogP contribution in [0.15, 0.2) is 24.3 Å². The largest absolute Gasteiger partial charge is 0.504 e. The van der Waals surface area contributed by atoms with Gasteiger partial charge in [-0.15, -0.1) is 12.4 Å². The molecule has 6 rings (SSSR count). The maximum absolute atomic E-state index is 12.6. The number of carbonyl (C=O) groups is 2. The van der Waals surface area contributed by atoms with E-state index in [-0.39, 0.29) is 30.2 Å². The van der Waals surface area contributed by atoms with Crippen LogP contribution < -0.4 is 10.1 Å². The molecule has 5 atom stereocenters. The molecule has 3 aliphatic carbocycles. The van der Waals surface area contributed by atoms with Crippen LogP contribution in [-0.4, -0.2) is 71.0 Å². The minimum Gasteiger partial charge on any atom is -0.504 e. The fourth-order valence-corrected chi connectivity index (χ4v) is 7.07. The highest BCUT2D eigenvalue weighted by Crippen LogP contribution is 2.65. The van der Waals surface area contributed by atoms with Crippen molar-refractivity contribution >= 4 is 24.3 Å². The summed E-state index contributed by atoms with van der Waals surface area (Å²) in [6, 6.07) is 3.29. The van der Waals surface area contributed by atoms with Crippen molar-refractivity contribution in [3.63, 3.8) is 0 Å². The van der Waals surface area contributed by atoms with E-state index in [1.54, 1.807) is 6.07 Å². The molecule has 2 bridgehead atoms. The van der Waals surface area contributed by atoms with Crippen LogP contribution in [0.2, 0.25) is 0 Å². The average molecular weight is 491 g/mol. The average Bonchev–Trinajstić information content (AvgIpc) is 3.54. The zero-order valence-corrected chi connectivity index (χ0v) is 20.0. The number of aromatic hydroxyl groups is 1. The predicted molar refractivity (Wildman–Crippen MR) is 125 cm³/mol. The number of aliphatic hydroxyl groups is 1. The number of ether oxygens (including phenoxy) is 2. The Morgan fingerprint density at radius 3 is 2.79 bits per heavy atom. The van der Waals surface area contributed by atoms with Crippen molar-refractivity contribution in [2.24, 2.45) is 5.92 Å². The lowest BCUT2D eigenvalue weighted by molar-refractivity contribution is -0.192. The van der Waals surface area contributed by atoms with Gasteiger partial charge in [0.2, 0.25) is 5.91 Å². The topological polar surface area (TPSA) is 108 Å². The first kappa shape index (κ1) is 23.5. The molecule has 5 aliphatic rings. The van der Waals surface area contributed by atoms with Crippen LogP contribution in [0.1, 0.15) is 43.2 Å². The van der Waals surface area contributed by atoms with Gasteiger partial charge in [-0.3, -0.25) is 9.69 Å². The zero-order chi connectivity index (χ0) is 23.0. The van der Waals surface area contributed by atoms with Crippen molar-refractivity contribution in [3.8, 4) is 11.5 Å². The standard InChI is InChI=1S/C25H30N2O6.ClH/c1-32-20(30)7-6-19(29)26-16-8-9-25(31)18-12-15-4-5-17(28)22-21(15)24(25,23(16)33-22)10-11-27(18)13-14-2-3-14;/h4-7,14,16,18,23,28,31H,2-3,8-13H2,1H3,(H,26,29);1H/b7-6+;/t16-,18-,23+,24-,25+;/m1./s1. The molecule has 1 aromatic rings. The molecule has 3 fully saturated rings. The van der Waals surface area contributed by atoms with Crippen LogP contribution in [0.3, 0.4) is 0 Å². The predicted octanol–water partition coefficient (Wildman–Crippen LogP) is 1.59. The van der Waals surface area contributed by atoms with Crippen molar-refractivity contribution < 1.29 is 29.3 Å². The SMILES string of the molecule is COC(=O)/C=C/C(=O)N[C@@H]1CC[C@]2(O)[C@H]3Cc4ccc(O)c5c4[C@]2(CCN3CC2CC2)[C@H]1O5.Cl. The second-order valence-corrected chi connectivity index (χ2v) is 10.3. The van der Waals surface area contributed by atoms with E-state index in [4.69, 9.17) is 4.74 Å². The summed E-state index contributed by atoms with van der Waals surface area (Å²) >= 11 is 0. The smallest absolute Gasteiger partial charge is 0.330 e. The first-order valence-electron chi connectivity index (χ1n) is 11.9. The number of amides is 1. The Morgan fingerprint density at radius 1 is 1.26 bits per heavy atom. The van der Waals surface area contributed by atoms with Crippen LogP contribution in [0.4, 0.5) is 0 Å². The highest BCUT2D eigenvalue weighted by atomic mass is 35.5. The van der Waals surface area contributed by atoms with Gasteiger partial charge in [0.05, 0.1) is 24.2 Å². The van der Waals surface area contributed by atoms with Crippen LogP contribution >= 0.6 is 12.4 Å². The summed E-state index contributed by atoms with van der Waals surface area (Å²) in [6.45, 7) is 1.88. The van der Waals surface area contributed by atoms with Crippen LogP contribution in [-0.2, 0) is 26.2 Å². The fraction of sp³-hybridized carbons (Fsp3) is 0.600. The van der Waals surface area contributed by atoms with Crippen LogP contribution in [0.25, 0.3) is 0 Å². The number of methoxy groups -OCH3 is 1. The number of piperidine rings is 1. The molecule has 9 heteroatoms. The molecule has 0 unspecified atom stereocenters. The van der Waals surface area contributed by atoms with Gasteiger partial charge in [0.1, 0.15) is 6.10 Å². The number of likely N-dealkylation sites (tertiary alicyclic amines) is 1. The third-order valence-corrected chi connectivity index (χ3v) is 8.66. The Labute approximate surface area is 204 Å². The molecule has 2 heterocycles. The quantitative estimate of drug-likeness (QED) is 0.425. The van der Waals surface area contributed by atoms with Crippen molar-refractivity contribution in [2.75, 3.05) is 20.2 Å². The summed E-state index contributed by atoms with van der Waals surface area (Å²) in [5.41, 5.74) is 0.390. The number of hydrogen-bond acceptors (Lipinski definition) is 7. The van der Waals surface area contributed by atoms with Gasteiger partial charge in [0.15, 0.2) is 11.5 Å². The van der Waals surface area contributed by atoms with E-state index in [9.17, 15) is 19.8 Å². The summed E-state index contributed by atoms with van der Waals surface area (Å²) < 4.78 is 11.0. The van der Waals surface area contributed by atoms with Crippen molar-refractivity contribution in [1.29, 1.82) is 0 Å². The third-order valence-electron chi connectivity index (χ3n) is 8.66. The van der Waals surface area contributed by atoms with Crippen LogP contribution in [0.5, 0.6) is 11.5 Å². The van der Waals surface area contributed by atoms with Crippen LogP contribution in [0, 0.1) is 5.92 Å². The lowest BCUT2D eigenvalue weighted by atomic mass is 9.48. The number of nitrogens with zero attached hydrogens (tertiary/aromatic N) is 1. The lowest BCUT2D eigenvalue weighted by Gasteiger charge is -2.64. The number of rotatable bonds is 5. The van der Waals surface area contributed by atoms with Gasteiger partial charge >= 0.3 is 5.97 Å². The van der Waals surface area contributed by atoms with Crippen molar-refractivity contribution in [1.82, 2.24) is 10.2 Å². The molecule has 1 saturated heterocycles. The summed E-state index contributed by atoms with van der Waals surface area (Å²) in [6.07, 6.45) is 6.84. The van der Waals surface area contributed by atoms with Gasteiger partial charge in [-0.05, 0) is 62.6 Å². The Bertz CT molecular complexity index is 1060. The van der Waals surface area contributed by atoms with Gasteiger partial charge in [0.25, 0.3) is 0 Å². The first-order valence-corrected chi connectivity index (χ1v) is 11.9. The maximum Gasteiger partial charge on any atom is 0.330 e. The number of carbonyl (C=O) groups excluding carboxylic acids is 2. The van der Waals surface area contributed by atoms with Gasteiger partial charge in [0, 0.05) is 30.3 Å². The molecule has 8 nitrogen and oxygen atoms in total. The normalized spacial score (nSPS) is 35.2. The van der Waals surface area contributed by atoms with Crippen molar-refractivity contribution in [2.45, 2.75) is 67.7 Å². The monoisotopic (exact) mass is 490 g/mol. The molecular weight excluding hydrogens is 460 g/mol. The molecule has 2 aliphatic heterocycles. The molecule has 0 aromatic heterocycles. The van der Waals surface area contributed by atoms with Gasteiger partial charge in [-0.2, -0.15) is 0 Å². The molecule has 1 spiro atoms. The lowest BCUT2D eigenvalue weighted by Crippen LogP contribution is -2.78. The molecule has 34 heavy (non-hydrogen) atoms. The van der Waals surface area contributed by atoms with Gasteiger partial charge < -0.3 is 25.0 Å². The molecule has 1 amide bonds. The maximum atomic E-state index is 12.6. The van der Waals surface area contributed by atoms with Crippen molar-refractivity contribution in [3.05, 3.63) is 35.4 Å². The Balaban J connectivity index is 0.00000241. The Kier molecular flexibility index (Phi) is 5.61. The number of nitrogens with one attached hydrogen (secondary N) is 1. The molecule has 2 saturated carbocycles. The van der Waals surface area contributed by atoms with Gasteiger partial charge in [-0.1, -0.05) is 6.07 Å². The summed E-state index contributed by atoms with van der Waals surface area (Å²) in [5.74, 6) is 0.256. The number of esters is 1. The number of hydrogen-bond donors (Lipinski definition) is 3. The van der Waals surface area contributed by atoms with E-state index in [1.165, 1.54) is 20.0 Å². The second-order valence-electron chi connectivity index (χ2n) is 10.3. The minimum absolute atomic E-state index is 0. The van der Waals surface area contributed by atoms with Gasteiger partial charge in [-0.25, -0.2) is 4.79 Å². The molecule has 184 valence electrons. The van der Waals surface area contributed by atoms with E-state index in [2.05, 4.69) is 15.0 Å². The molecule has 1 aromatic carbocycles. The third kappa shape index (κ3) is 3.18. The first-order chi connectivity index (χ1) is 15.9. The highest BCUT2D eigenvalue weighted by molar-refractivity contribution is 5.94. The van der Waals surface area contributed by atoms with E-state index in [0.29, 0.717) is 25.0 Å². The Morgan fingerprint density at radius 2 is 2.06 bits per heavy atom. The summed E-state index contributed by atoms with van der Waals surface area (Å²) in [4.78, 5) is 26.4. The van der Waals surface area contributed by atoms with E-state index in [1.807, 2.05) is 6.07 Å². The number of phenols is 1. The number of halogens is 1. The fourth-order valence-electron chi connectivity index (χ4n) is 7.07. The highest BCUT2D eigenvalue weighted by Gasteiger charge is 2.73. The zero-order valence-electron chi connectivity index (χ0n) is 19.2. The summed E-state index contributed by atoms with van der Waals surface area (Å²) in [7, 11) is 1.26. The van der Waals surface area contributed by atoms with E-state index < -0.39 is 29.0 Å². The molecule has 0 radical (unpaired) electrons.